The zero-order valence-electron chi connectivity index (χ0n) is 12.5. The van der Waals surface area contributed by atoms with Crippen molar-refractivity contribution in [2.24, 2.45) is 10.7 Å². The van der Waals surface area contributed by atoms with E-state index in [1.165, 1.54) is 19.3 Å². The Balaban J connectivity index is 2.27. The van der Waals surface area contributed by atoms with E-state index in [0.717, 1.165) is 5.56 Å². The molecular weight excluding hydrogens is 314 g/mol. The van der Waals surface area contributed by atoms with Crippen LogP contribution in [0.5, 0.6) is 0 Å². The Morgan fingerprint density at radius 1 is 1.26 bits per heavy atom. The van der Waals surface area contributed by atoms with Gasteiger partial charge in [-0.25, -0.2) is 4.98 Å². The fraction of sp³-hybridized carbons (Fsp3) is 0.0625. The molecule has 23 heavy (non-hydrogen) atoms. The molecule has 1 amide bonds. The van der Waals surface area contributed by atoms with Crippen LogP contribution in [-0.2, 0) is 4.79 Å². The van der Waals surface area contributed by atoms with Crippen molar-refractivity contribution in [2.45, 2.75) is 0 Å². The molecule has 0 aliphatic heterocycles. The Hall–Kier alpha value is -2.86. The first kappa shape index (κ1) is 16.5. The standard InChI is InChI=1S/C16H16ClN5O/c1-20-13(8-9-18)16(23)22-14-7-6-11(15(19)21-14)10-4-2-3-5-12(10)17/h2-9H,18H2,1H3,(H3,19,21,22,23)/b9-8-,20-13?. The third-order valence-electron chi connectivity index (χ3n) is 3.06. The molecule has 1 heterocycles. The molecule has 0 unspecified atom stereocenters. The van der Waals surface area contributed by atoms with Crippen LogP contribution in [0.1, 0.15) is 0 Å². The minimum Gasteiger partial charge on any atom is -0.405 e. The van der Waals surface area contributed by atoms with Crippen LogP contribution in [0.2, 0.25) is 5.02 Å². The van der Waals surface area contributed by atoms with E-state index in [-0.39, 0.29) is 11.5 Å². The van der Waals surface area contributed by atoms with E-state index >= 15 is 0 Å². The normalized spacial score (nSPS) is 11.7. The number of carbonyl (C=O) groups is 1. The lowest BCUT2D eigenvalue weighted by Crippen LogP contribution is -2.22. The molecular formula is C16H16ClN5O. The summed E-state index contributed by atoms with van der Waals surface area (Å²) >= 11 is 6.16. The number of hydrogen-bond acceptors (Lipinski definition) is 5. The number of nitrogen functional groups attached to an aromatic ring is 1. The molecule has 0 aliphatic carbocycles. The second-order valence-corrected chi connectivity index (χ2v) is 4.94. The third-order valence-corrected chi connectivity index (χ3v) is 3.39. The first-order valence-corrected chi connectivity index (χ1v) is 7.12. The number of nitrogens with two attached hydrogens (primary N) is 2. The number of aromatic nitrogens is 1. The maximum atomic E-state index is 12.0. The van der Waals surface area contributed by atoms with E-state index in [4.69, 9.17) is 23.1 Å². The topological polar surface area (TPSA) is 106 Å². The Bertz CT molecular complexity index is 786. The molecule has 0 saturated heterocycles. The number of nitrogens with one attached hydrogen (secondary N) is 1. The quantitative estimate of drug-likeness (QED) is 0.749. The highest BCUT2D eigenvalue weighted by Gasteiger charge is 2.12. The Labute approximate surface area is 138 Å². The van der Waals surface area contributed by atoms with Crippen LogP contribution < -0.4 is 16.8 Å². The Kier molecular flexibility index (Phi) is 5.32. The van der Waals surface area contributed by atoms with E-state index in [1.54, 1.807) is 18.2 Å². The van der Waals surface area contributed by atoms with Crippen LogP contribution in [0, 0.1) is 0 Å². The average Bonchev–Trinajstić information content (AvgIpc) is 2.53. The van der Waals surface area contributed by atoms with Gasteiger partial charge in [0.15, 0.2) is 0 Å². The van der Waals surface area contributed by atoms with E-state index < -0.39 is 5.91 Å². The van der Waals surface area contributed by atoms with Gasteiger partial charge >= 0.3 is 0 Å². The maximum absolute atomic E-state index is 12.0. The van der Waals surface area contributed by atoms with Gasteiger partial charge in [-0.2, -0.15) is 0 Å². The summed E-state index contributed by atoms with van der Waals surface area (Å²) in [5, 5.41) is 3.19. The Morgan fingerprint density at radius 2 is 2.00 bits per heavy atom. The van der Waals surface area contributed by atoms with Gasteiger partial charge in [-0.15, -0.1) is 0 Å². The van der Waals surface area contributed by atoms with Crippen molar-refractivity contribution >= 4 is 34.9 Å². The summed E-state index contributed by atoms with van der Waals surface area (Å²) in [6.07, 6.45) is 2.64. The van der Waals surface area contributed by atoms with Crippen LogP contribution in [-0.4, -0.2) is 23.7 Å². The van der Waals surface area contributed by atoms with Crippen LogP contribution in [0.3, 0.4) is 0 Å². The van der Waals surface area contributed by atoms with Crippen molar-refractivity contribution in [3.8, 4) is 11.1 Å². The second kappa shape index (κ2) is 7.42. The molecule has 0 atom stereocenters. The van der Waals surface area contributed by atoms with Gasteiger partial charge in [0, 0.05) is 23.2 Å². The van der Waals surface area contributed by atoms with Gasteiger partial charge in [-0.1, -0.05) is 29.8 Å². The number of nitrogens with zero attached hydrogens (tertiary/aromatic N) is 2. The molecule has 118 valence electrons. The number of carbonyl (C=O) groups excluding carboxylic acids is 1. The van der Waals surface area contributed by atoms with Crippen molar-refractivity contribution in [1.29, 1.82) is 0 Å². The van der Waals surface area contributed by atoms with E-state index in [1.807, 2.05) is 18.2 Å². The largest absolute Gasteiger partial charge is 0.405 e. The number of anilines is 2. The fourth-order valence-electron chi connectivity index (χ4n) is 1.98. The van der Waals surface area contributed by atoms with Crippen molar-refractivity contribution in [3.05, 3.63) is 53.7 Å². The van der Waals surface area contributed by atoms with Crippen LogP contribution in [0.4, 0.5) is 11.6 Å². The summed E-state index contributed by atoms with van der Waals surface area (Å²) in [4.78, 5) is 20.0. The lowest BCUT2D eigenvalue weighted by molar-refractivity contribution is -0.110. The van der Waals surface area contributed by atoms with Crippen LogP contribution in [0.15, 0.2) is 53.7 Å². The molecule has 1 aromatic carbocycles. The Morgan fingerprint density at radius 3 is 2.61 bits per heavy atom. The van der Waals surface area contributed by atoms with Crippen LogP contribution >= 0.6 is 11.6 Å². The minimum absolute atomic E-state index is 0.183. The second-order valence-electron chi connectivity index (χ2n) is 4.53. The predicted molar refractivity (Wildman–Crippen MR) is 94.4 cm³/mol. The van der Waals surface area contributed by atoms with Gasteiger partial charge in [0.25, 0.3) is 5.91 Å². The highest BCUT2D eigenvalue weighted by molar-refractivity contribution is 6.47. The molecule has 6 nitrogen and oxygen atoms in total. The number of pyridine rings is 1. The van der Waals surface area contributed by atoms with E-state index in [0.29, 0.717) is 16.4 Å². The SMILES string of the molecule is CN=C(/C=C\N)C(=O)Nc1ccc(-c2ccccc2Cl)c(N)n1. The first-order valence-electron chi connectivity index (χ1n) is 6.74. The van der Waals surface area contributed by atoms with E-state index in [2.05, 4.69) is 15.3 Å². The molecule has 2 aromatic rings. The zero-order valence-corrected chi connectivity index (χ0v) is 13.2. The number of rotatable bonds is 4. The molecule has 1 aromatic heterocycles. The molecule has 5 N–H and O–H groups in total. The molecule has 0 spiro atoms. The number of benzene rings is 1. The lowest BCUT2D eigenvalue weighted by atomic mass is 10.1. The van der Waals surface area contributed by atoms with Crippen molar-refractivity contribution < 1.29 is 4.79 Å². The predicted octanol–water partition coefficient (Wildman–Crippen LogP) is 2.47. The van der Waals surface area contributed by atoms with Gasteiger partial charge in [-0.3, -0.25) is 9.79 Å². The van der Waals surface area contributed by atoms with Crippen molar-refractivity contribution in [1.82, 2.24) is 4.98 Å². The summed E-state index contributed by atoms with van der Waals surface area (Å²) in [7, 11) is 1.50. The summed E-state index contributed by atoms with van der Waals surface area (Å²) in [6, 6.07) is 10.7. The fourth-order valence-corrected chi connectivity index (χ4v) is 2.21. The number of halogens is 1. The number of amides is 1. The van der Waals surface area contributed by atoms with Crippen molar-refractivity contribution in [2.75, 3.05) is 18.1 Å². The summed E-state index contributed by atoms with van der Waals surface area (Å²) in [5.41, 5.74) is 12.9. The zero-order chi connectivity index (χ0) is 16.8. The molecule has 0 fully saturated rings. The summed E-state index contributed by atoms with van der Waals surface area (Å²) in [5.74, 6) is 0.154. The van der Waals surface area contributed by atoms with Gasteiger partial charge in [0.1, 0.15) is 17.3 Å². The number of hydrogen-bond donors (Lipinski definition) is 3. The highest BCUT2D eigenvalue weighted by atomic mass is 35.5. The van der Waals surface area contributed by atoms with Crippen LogP contribution in [0.25, 0.3) is 11.1 Å². The molecule has 7 heteroatoms. The molecule has 0 aliphatic rings. The van der Waals surface area contributed by atoms with Gasteiger partial charge in [-0.05, 0) is 30.5 Å². The molecule has 0 radical (unpaired) electrons. The lowest BCUT2D eigenvalue weighted by Gasteiger charge is -2.10. The maximum Gasteiger partial charge on any atom is 0.274 e. The highest BCUT2D eigenvalue weighted by Crippen LogP contribution is 2.31. The van der Waals surface area contributed by atoms with Gasteiger partial charge in [0.2, 0.25) is 0 Å². The van der Waals surface area contributed by atoms with E-state index in [9.17, 15) is 4.79 Å². The summed E-state index contributed by atoms with van der Waals surface area (Å²) < 4.78 is 0. The molecule has 0 bridgehead atoms. The van der Waals surface area contributed by atoms with Gasteiger partial charge < -0.3 is 16.8 Å². The molecule has 0 saturated carbocycles. The molecule has 2 rings (SSSR count). The first-order chi connectivity index (χ1) is 11.1. The smallest absolute Gasteiger partial charge is 0.274 e. The third kappa shape index (κ3) is 3.87. The minimum atomic E-state index is -0.424. The monoisotopic (exact) mass is 329 g/mol. The van der Waals surface area contributed by atoms with Crippen molar-refractivity contribution in [3.63, 3.8) is 0 Å². The number of aliphatic imine (C=N–C) groups is 1. The average molecular weight is 330 g/mol. The van der Waals surface area contributed by atoms with Gasteiger partial charge in [0.05, 0.1) is 0 Å². The summed E-state index contributed by atoms with van der Waals surface area (Å²) in [6.45, 7) is 0.